The summed E-state index contributed by atoms with van der Waals surface area (Å²) in [6.07, 6.45) is 0. The summed E-state index contributed by atoms with van der Waals surface area (Å²) < 4.78 is 7.40. The molecule has 3 amide bonds. The Hall–Kier alpha value is -3.09. The predicted molar refractivity (Wildman–Crippen MR) is 168 cm³/mol. The van der Waals surface area contributed by atoms with E-state index in [2.05, 4.69) is 21.2 Å². The van der Waals surface area contributed by atoms with Crippen molar-refractivity contribution >= 4 is 91.3 Å². The number of benzene rings is 3. The molecule has 0 radical (unpaired) electrons. The molecule has 0 aliphatic carbocycles. The first-order chi connectivity index (χ1) is 20.2. The zero-order chi connectivity index (χ0) is 29.7. The molecule has 8 nitrogen and oxygen atoms in total. The Morgan fingerprint density at radius 3 is 2.45 bits per heavy atom. The van der Waals surface area contributed by atoms with Crippen LogP contribution in [0.3, 0.4) is 0 Å². The monoisotopic (exact) mass is 703 g/mol. The first kappa shape index (κ1) is 29.0. The SMILES string of the molecule is COc1ccc(N2C(=O)[C@H]3[C@H](c4cccc(Br)c4)c4sc(=O)n(CC(=O)Nc5ccc(Cl)c(Cl)c5)c4S[C@H]3C2=O)cc1. The van der Waals surface area contributed by atoms with Crippen LogP contribution in [0.25, 0.3) is 0 Å². The Morgan fingerprint density at radius 1 is 1.00 bits per heavy atom. The number of halogens is 3. The van der Waals surface area contributed by atoms with Crippen LogP contribution in [0.1, 0.15) is 16.4 Å². The van der Waals surface area contributed by atoms with Crippen LogP contribution in [0, 0.1) is 5.92 Å². The lowest BCUT2D eigenvalue weighted by molar-refractivity contribution is -0.122. The second kappa shape index (κ2) is 11.5. The molecule has 3 atom stereocenters. The number of carbonyl (C=O) groups is 3. The highest BCUT2D eigenvalue weighted by molar-refractivity contribution is 9.10. The fourth-order valence-corrected chi connectivity index (χ4v) is 8.71. The van der Waals surface area contributed by atoms with Gasteiger partial charge in [-0.3, -0.25) is 23.7 Å². The summed E-state index contributed by atoms with van der Waals surface area (Å²) in [5.74, 6) is -1.89. The molecule has 42 heavy (non-hydrogen) atoms. The van der Waals surface area contributed by atoms with Crippen LogP contribution in [0.4, 0.5) is 11.4 Å². The van der Waals surface area contributed by atoms with Crippen molar-refractivity contribution in [1.29, 1.82) is 0 Å². The van der Waals surface area contributed by atoms with Crippen molar-refractivity contribution in [1.82, 2.24) is 4.57 Å². The van der Waals surface area contributed by atoms with E-state index < -0.39 is 23.0 Å². The Labute approximate surface area is 266 Å². The molecule has 1 aromatic heterocycles. The summed E-state index contributed by atoms with van der Waals surface area (Å²) in [5.41, 5.74) is 1.65. The highest BCUT2D eigenvalue weighted by Crippen LogP contribution is 2.54. The number of aromatic nitrogens is 1. The van der Waals surface area contributed by atoms with E-state index >= 15 is 0 Å². The van der Waals surface area contributed by atoms with Gasteiger partial charge in [0.05, 0.1) is 33.8 Å². The van der Waals surface area contributed by atoms with Crippen LogP contribution in [0.2, 0.25) is 10.0 Å². The number of methoxy groups -OCH3 is 1. The number of hydrogen-bond acceptors (Lipinski definition) is 7. The molecule has 3 heterocycles. The van der Waals surface area contributed by atoms with Crippen LogP contribution in [-0.2, 0) is 20.9 Å². The lowest BCUT2D eigenvalue weighted by Crippen LogP contribution is -2.33. The van der Waals surface area contributed by atoms with Crippen LogP contribution < -0.4 is 19.8 Å². The molecule has 0 unspecified atom stereocenters. The van der Waals surface area contributed by atoms with Crippen molar-refractivity contribution in [2.24, 2.45) is 5.92 Å². The molecular formula is C29H20BrCl2N3O5S2. The maximum atomic E-state index is 14.0. The molecule has 0 saturated carbocycles. The van der Waals surface area contributed by atoms with Crippen molar-refractivity contribution in [3.8, 4) is 5.75 Å². The zero-order valence-electron chi connectivity index (χ0n) is 21.7. The van der Waals surface area contributed by atoms with Gasteiger partial charge in [0.2, 0.25) is 17.7 Å². The molecule has 1 N–H and O–H groups in total. The van der Waals surface area contributed by atoms with Crippen molar-refractivity contribution in [2.45, 2.75) is 22.7 Å². The normalized spacial score (nSPS) is 19.4. The maximum Gasteiger partial charge on any atom is 0.308 e. The summed E-state index contributed by atoms with van der Waals surface area (Å²) in [5, 5.41) is 3.07. The summed E-state index contributed by atoms with van der Waals surface area (Å²) in [6, 6.07) is 18.9. The molecule has 3 aromatic carbocycles. The van der Waals surface area contributed by atoms with E-state index in [4.69, 9.17) is 27.9 Å². The number of fused-ring (bicyclic) bond motifs is 2. The number of thiazole rings is 1. The van der Waals surface area contributed by atoms with Crippen LogP contribution in [0.5, 0.6) is 5.75 Å². The van der Waals surface area contributed by atoms with Gasteiger partial charge >= 0.3 is 4.87 Å². The Bertz CT molecular complexity index is 1810. The lowest BCUT2D eigenvalue weighted by Gasteiger charge is -2.30. The lowest BCUT2D eigenvalue weighted by atomic mass is 9.83. The number of nitrogens with zero attached hydrogens (tertiary/aromatic N) is 2. The number of carbonyl (C=O) groups excluding carboxylic acids is 3. The fraction of sp³-hybridized carbons (Fsp3) is 0.172. The van der Waals surface area contributed by atoms with Gasteiger partial charge in [-0.2, -0.15) is 0 Å². The molecular weight excluding hydrogens is 685 g/mol. The van der Waals surface area contributed by atoms with Crippen LogP contribution >= 0.6 is 62.2 Å². The van der Waals surface area contributed by atoms with E-state index in [1.54, 1.807) is 36.4 Å². The number of amides is 3. The van der Waals surface area contributed by atoms with Gasteiger partial charge in [0, 0.05) is 21.0 Å². The third-order valence-electron chi connectivity index (χ3n) is 7.09. The zero-order valence-corrected chi connectivity index (χ0v) is 26.4. The molecule has 13 heteroatoms. The summed E-state index contributed by atoms with van der Waals surface area (Å²) in [4.78, 5) is 55.7. The molecule has 2 aliphatic heterocycles. The molecule has 0 bridgehead atoms. The van der Waals surface area contributed by atoms with E-state index in [1.807, 2.05) is 24.3 Å². The Balaban J connectivity index is 1.39. The number of imide groups is 1. The third-order valence-corrected chi connectivity index (χ3v) is 10.9. The van der Waals surface area contributed by atoms with Gasteiger partial charge in [-0.25, -0.2) is 4.90 Å². The average Bonchev–Trinajstić information content (AvgIpc) is 3.41. The highest BCUT2D eigenvalue weighted by atomic mass is 79.9. The minimum Gasteiger partial charge on any atom is -0.497 e. The number of nitrogens with one attached hydrogen (secondary N) is 1. The first-order valence-corrected chi connectivity index (χ1v) is 15.8. The highest BCUT2D eigenvalue weighted by Gasteiger charge is 2.56. The summed E-state index contributed by atoms with van der Waals surface area (Å²) in [6.45, 7) is -0.287. The number of thioether (sulfide) groups is 1. The van der Waals surface area contributed by atoms with Gasteiger partial charge < -0.3 is 10.1 Å². The molecule has 1 fully saturated rings. The number of anilines is 2. The van der Waals surface area contributed by atoms with E-state index in [9.17, 15) is 19.2 Å². The largest absolute Gasteiger partial charge is 0.497 e. The van der Waals surface area contributed by atoms with Gasteiger partial charge in [0.15, 0.2) is 0 Å². The third kappa shape index (κ3) is 5.17. The molecule has 2 aliphatic rings. The summed E-state index contributed by atoms with van der Waals surface area (Å²) >= 11 is 17.7. The summed E-state index contributed by atoms with van der Waals surface area (Å²) in [7, 11) is 1.54. The van der Waals surface area contributed by atoms with Gasteiger partial charge in [-0.15, -0.1) is 0 Å². The molecule has 214 valence electrons. The number of hydrogen-bond donors (Lipinski definition) is 1. The fourth-order valence-electron chi connectivity index (χ4n) is 5.22. The first-order valence-electron chi connectivity index (χ1n) is 12.6. The second-order valence-corrected chi connectivity index (χ2v) is 13.5. The van der Waals surface area contributed by atoms with E-state index in [0.717, 1.165) is 33.1 Å². The van der Waals surface area contributed by atoms with Crippen molar-refractivity contribution in [3.63, 3.8) is 0 Å². The van der Waals surface area contributed by atoms with Crippen molar-refractivity contribution in [3.05, 3.63) is 101 Å². The quantitative estimate of drug-likeness (QED) is 0.233. The second-order valence-electron chi connectivity index (χ2n) is 9.61. The Morgan fingerprint density at radius 2 is 1.76 bits per heavy atom. The van der Waals surface area contributed by atoms with Crippen LogP contribution in [-0.4, -0.2) is 34.6 Å². The Kier molecular flexibility index (Phi) is 7.97. The number of ether oxygens (including phenoxy) is 1. The van der Waals surface area contributed by atoms with Gasteiger partial charge in [-0.05, 0) is 60.2 Å². The van der Waals surface area contributed by atoms with Crippen molar-refractivity contribution < 1.29 is 19.1 Å². The molecule has 1 saturated heterocycles. The van der Waals surface area contributed by atoms with Crippen LogP contribution in [0.15, 0.2) is 81.0 Å². The molecule has 6 rings (SSSR count). The van der Waals surface area contributed by atoms with Crippen molar-refractivity contribution in [2.75, 3.05) is 17.3 Å². The molecule has 4 aromatic rings. The predicted octanol–water partition coefficient (Wildman–Crippen LogP) is 6.42. The van der Waals surface area contributed by atoms with E-state index in [-0.39, 0.29) is 28.3 Å². The standard InChI is InChI=1S/C29H20BrCl2N3O5S2/c1-40-18-8-6-17(7-9-18)35-26(37)23-22(14-3-2-4-15(30)11-14)25-28(41-24(23)27(35)38)34(29(39)42-25)13-21(36)33-16-5-10-19(31)20(32)12-16/h2-12,22-24H,13H2,1H3,(H,33,36)/t22-,23-,24+/m0/s1. The topological polar surface area (TPSA) is 97.7 Å². The minimum absolute atomic E-state index is 0.281. The van der Waals surface area contributed by atoms with E-state index in [0.29, 0.717) is 32.1 Å². The number of rotatable bonds is 6. The molecule has 0 spiro atoms. The average molecular weight is 705 g/mol. The van der Waals surface area contributed by atoms with Gasteiger partial charge in [0.1, 0.15) is 17.5 Å². The smallest absolute Gasteiger partial charge is 0.308 e. The maximum absolute atomic E-state index is 14.0. The van der Waals surface area contributed by atoms with Gasteiger partial charge in [-0.1, -0.05) is 74.4 Å². The van der Waals surface area contributed by atoms with E-state index in [1.165, 1.54) is 22.6 Å². The minimum atomic E-state index is -0.797. The van der Waals surface area contributed by atoms with Gasteiger partial charge in [0.25, 0.3) is 0 Å².